The van der Waals surface area contributed by atoms with Gasteiger partial charge in [0.15, 0.2) is 0 Å². The van der Waals surface area contributed by atoms with E-state index in [9.17, 15) is 0 Å². The van der Waals surface area contributed by atoms with E-state index < -0.39 is 0 Å². The summed E-state index contributed by atoms with van der Waals surface area (Å²) >= 11 is 0. The van der Waals surface area contributed by atoms with Gasteiger partial charge in [0.1, 0.15) is 0 Å². The maximum Gasteiger partial charge on any atom is -0.0385 e. The first-order chi connectivity index (χ1) is 8.37. The fourth-order valence-corrected chi connectivity index (χ4v) is 1.48. The first kappa shape index (κ1) is 20.3. The van der Waals surface area contributed by atoms with Gasteiger partial charge in [-0.15, -0.1) is 0 Å². The standard InChI is InChI=1S/C12H26.C6H14/c1-4-6-7-8-9-10-11-12(3)5-2;1-5-6(2,3)4/h12H,4-11H2,1-3H3;5H2,1-4H3. The normalized spacial score (nSPS) is 12.8. The van der Waals surface area contributed by atoms with Gasteiger partial charge in [-0.05, 0) is 11.3 Å². The lowest BCUT2D eigenvalue weighted by molar-refractivity contribution is 0.398. The molecule has 18 heavy (non-hydrogen) atoms. The smallest absolute Gasteiger partial charge is 0.0385 e. The quantitative estimate of drug-likeness (QED) is 0.402. The molecule has 0 saturated heterocycles. The molecule has 0 heterocycles. The molecule has 0 fully saturated rings. The average Bonchev–Trinajstić information content (AvgIpc) is 2.33. The van der Waals surface area contributed by atoms with Crippen LogP contribution in [0.25, 0.3) is 0 Å². The highest BCUT2D eigenvalue weighted by Crippen LogP contribution is 2.16. The van der Waals surface area contributed by atoms with E-state index in [1.807, 2.05) is 0 Å². The lowest BCUT2D eigenvalue weighted by Crippen LogP contribution is -2.00. The number of hydrogen-bond donors (Lipinski definition) is 0. The van der Waals surface area contributed by atoms with Crippen molar-refractivity contribution in [2.24, 2.45) is 11.3 Å². The largest absolute Gasteiger partial charge is 0.0654 e. The Morgan fingerprint density at radius 2 is 1.22 bits per heavy atom. The third-order valence-electron chi connectivity index (χ3n) is 3.81. The molecule has 1 unspecified atom stereocenters. The molecular weight excluding hydrogens is 216 g/mol. The summed E-state index contributed by atoms with van der Waals surface area (Å²) in [4.78, 5) is 0. The summed E-state index contributed by atoms with van der Waals surface area (Å²) in [6.07, 6.45) is 12.7. The summed E-state index contributed by atoms with van der Waals surface area (Å²) in [7, 11) is 0. The van der Waals surface area contributed by atoms with Gasteiger partial charge in [0, 0.05) is 0 Å². The third kappa shape index (κ3) is 21.3. The van der Waals surface area contributed by atoms with E-state index in [1.165, 1.54) is 57.8 Å². The predicted octanol–water partition coefficient (Wildman–Crippen LogP) is 7.23. The van der Waals surface area contributed by atoms with Crippen LogP contribution in [-0.2, 0) is 0 Å². The third-order valence-corrected chi connectivity index (χ3v) is 3.81. The highest BCUT2D eigenvalue weighted by molar-refractivity contribution is 4.55. The Bertz CT molecular complexity index is 141. The van der Waals surface area contributed by atoms with E-state index >= 15 is 0 Å². The molecule has 0 aromatic rings. The highest BCUT2D eigenvalue weighted by Gasteiger charge is 2.03. The Morgan fingerprint density at radius 3 is 1.61 bits per heavy atom. The minimum absolute atomic E-state index is 0.542. The Hall–Kier alpha value is 0. The minimum atomic E-state index is 0.542. The Kier molecular flexibility index (Phi) is 15.2. The maximum absolute atomic E-state index is 2.37. The number of hydrogen-bond acceptors (Lipinski definition) is 0. The first-order valence-corrected chi connectivity index (χ1v) is 8.37. The minimum Gasteiger partial charge on any atom is -0.0654 e. The second-order valence-electron chi connectivity index (χ2n) is 6.98. The monoisotopic (exact) mass is 256 g/mol. The van der Waals surface area contributed by atoms with Crippen LogP contribution in [-0.4, -0.2) is 0 Å². The topological polar surface area (TPSA) is 0 Å². The summed E-state index contributed by atoms with van der Waals surface area (Å²) in [6, 6.07) is 0. The van der Waals surface area contributed by atoms with Crippen molar-refractivity contribution in [2.75, 3.05) is 0 Å². The van der Waals surface area contributed by atoms with E-state index in [2.05, 4.69) is 48.5 Å². The van der Waals surface area contributed by atoms with Gasteiger partial charge in [0.05, 0.1) is 0 Å². The van der Waals surface area contributed by atoms with Crippen molar-refractivity contribution in [1.82, 2.24) is 0 Å². The van der Waals surface area contributed by atoms with Crippen molar-refractivity contribution in [2.45, 2.75) is 106 Å². The molecule has 0 bridgehead atoms. The summed E-state index contributed by atoms with van der Waals surface area (Å²) in [6.45, 7) is 15.9. The maximum atomic E-state index is 2.37. The molecule has 0 aromatic heterocycles. The molecule has 112 valence electrons. The first-order valence-electron chi connectivity index (χ1n) is 8.37. The molecule has 0 N–H and O–H groups in total. The SMILES string of the molecule is CCC(C)(C)C.CCCCCCCCC(C)CC. The molecule has 0 spiro atoms. The van der Waals surface area contributed by atoms with Crippen molar-refractivity contribution < 1.29 is 0 Å². The lowest BCUT2D eigenvalue weighted by atomic mass is 9.94. The van der Waals surface area contributed by atoms with E-state index in [4.69, 9.17) is 0 Å². The zero-order valence-electron chi connectivity index (χ0n) is 14.4. The van der Waals surface area contributed by atoms with Crippen molar-refractivity contribution in [3.8, 4) is 0 Å². The van der Waals surface area contributed by atoms with Crippen molar-refractivity contribution in [3.63, 3.8) is 0 Å². The summed E-state index contributed by atoms with van der Waals surface area (Å²) in [5.74, 6) is 0.955. The van der Waals surface area contributed by atoms with Crippen molar-refractivity contribution >= 4 is 0 Å². The molecule has 0 aromatic carbocycles. The van der Waals surface area contributed by atoms with Crippen LogP contribution in [0.4, 0.5) is 0 Å². The molecule has 1 atom stereocenters. The number of rotatable bonds is 8. The molecule has 0 aliphatic rings. The van der Waals surface area contributed by atoms with Crippen LogP contribution in [0.2, 0.25) is 0 Å². The fourth-order valence-electron chi connectivity index (χ4n) is 1.48. The van der Waals surface area contributed by atoms with Gasteiger partial charge in [-0.3, -0.25) is 0 Å². The summed E-state index contributed by atoms with van der Waals surface area (Å²) in [5, 5.41) is 0. The second kappa shape index (κ2) is 13.4. The highest BCUT2D eigenvalue weighted by atomic mass is 14.1. The van der Waals surface area contributed by atoms with Crippen LogP contribution in [0.3, 0.4) is 0 Å². The van der Waals surface area contributed by atoms with Gasteiger partial charge in [-0.25, -0.2) is 0 Å². The number of unbranched alkanes of at least 4 members (excludes halogenated alkanes) is 5. The molecule has 0 heteroatoms. The van der Waals surface area contributed by atoms with Crippen molar-refractivity contribution in [3.05, 3.63) is 0 Å². The average molecular weight is 257 g/mol. The zero-order valence-corrected chi connectivity index (χ0v) is 14.4. The van der Waals surface area contributed by atoms with Crippen LogP contribution in [0.15, 0.2) is 0 Å². The molecular formula is C18H40. The van der Waals surface area contributed by atoms with Crippen LogP contribution in [0.5, 0.6) is 0 Å². The zero-order chi connectivity index (χ0) is 14.4. The molecule has 0 amide bonds. The Balaban J connectivity index is 0. The molecule has 0 saturated carbocycles. The van der Waals surface area contributed by atoms with E-state index in [-0.39, 0.29) is 0 Å². The second-order valence-corrected chi connectivity index (χ2v) is 6.98. The summed E-state index contributed by atoms with van der Waals surface area (Å²) in [5.41, 5.74) is 0.542. The molecule has 0 aliphatic heterocycles. The van der Waals surface area contributed by atoms with Gasteiger partial charge in [0.2, 0.25) is 0 Å². The van der Waals surface area contributed by atoms with Crippen molar-refractivity contribution in [1.29, 1.82) is 0 Å². The van der Waals surface area contributed by atoms with E-state index in [1.54, 1.807) is 0 Å². The van der Waals surface area contributed by atoms with Gasteiger partial charge >= 0.3 is 0 Å². The van der Waals surface area contributed by atoms with Gasteiger partial charge in [-0.1, -0.05) is 106 Å². The molecule has 0 nitrogen and oxygen atoms in total. The van der Waals surface area contributed by atoms with Crippen LogP contribution in [0.1, 0.15) is 106 Å². The van der Waals surface area contributed by atoms with Crippen LogP contribution in [0, 0.1) is 11.3 Å². The molecule has 0 radical (unpaired) electrons. The molecule has 0 aliphatic carbocycles. The Labute approximate surface area is 118 Å². The Morgan fingerprint density at radius 1 is 0.778 bits per heavy atom. The lowest BCUT2D eigenvalue weighted by Gasteiger charge is -2.12. The van der Waals surface area contributed by atoms with Crippen LogP contribution < -0.4 is 0 Å². The molecule has 0 rings (SSSR count). The fraction of sp³-hybridized carbons (Fsp3) is 1.00. The van der Waals surface area contributed by atoms with Crippen LogP contribution >= 0.6 is 0 Å². The van der Waals surface area contributed by atoms with Gasteiger partial charge < -0.3 is 0 Å². The van der Waals surface area contributed by atoms with E-state index in [0.29, 0.717) is 5.41 Å². The van der Waals surface area contributed by atoms with E-state index in [0.717, 1.165) is 5.92 Å². The summed E-state index contributed by atoms with van der Waals surface area (Å²) < 4.78 is 0. The predicted molar refractivity (Wildman–Crippen MR) is 87.2 cm³/mol. The van der Waals surface area contributed by atoms with Gasteiger partial charge in [-0.2, -0.15) is 0 Å². The van der Waals surface area contributed by atoms with Gasteiger partial charge in [0.25, 0.3) is 0 Å².